The molecular weight excluding hydrogens is 504 g/mol. The van der Waals surface area contributed by atoms with E-state index in [0.717, 1.165) is 48.1 Å². The molecular formula is C27H22N6O2S2. The molecule has 2 N–H and O–H groups in total. The largest absolute Gasteiger partial charge is 0.473 e. The molecule has 0 saturated carbocycles. The Labute approximate surface area is 221 Å². The normalized spacial score (nSPS) is 13.1. The van der Waals surface area contributed by atoms with Crippen molar-refractivity contribution in [2.45, 2.75) is 31.4 Å². The molecule has 1 aliphatic heterocycles. The van der Waals surface area contributed by atoms with Gasteiger partial charge in [-0.05, 0) is 67.8 Å². The molecule has 0 atom stereocenters. The van der Waals surface area contributed by atoms with E-state index < -0.39 is 0 Å². The first-order chi connectivity index (χ1) is 18.0. The molecule has 5 heterocycles. The number of thiophene rings is 1. The minimum atomic E-state index is -0.159. The van der Waals surface area contributed by atoms with E-state index in [-0.39, 0.29) is 12.0 Å². The van der Waals surface area contributed by atoms with Crippen molar-refractivity contribution in [3.8, 4) is 27.6 Å². The SMILES string of the molecule is CC(C)Oc1ncc2cc1NSc1cccc(c1)C(=O)NCc1cncc(c1)-c1ncnc3cc-2sc13. The molecule has 0 unspecified atom stereocenters. The van der Waals surface area contributed by atoms with Gasteiger partial charge in [-0.3, -0.25) is 9.78 Å². The van der Waals surface area contributed by atoms with E-state index in [1.165, 1.54) is 11.9 Å². The first-order valence-corrected chi connectivity index (χ1v) is 13.3. The van der Waals surface area contributed by atoms with Crippen molar-refractivity contribution in [1.29, 1.82) is 0 Å². The summed E-state index contributed by atoms with van der Waals surface area (Å²) in [5, 5.41) is 3.00. The standard InChI is InChI=1S/C27H22N6O2S2/c1-15(2)35-27-22-8-18(13-30-27)23-9-21-25(36-23)24(32-14-31-21)19-6-16(10-28-12-19)11-29-26(34)17-4-3-5-20(7-17)37-33-22/h3-10,12-15,33H,11H2,1-2H3,(H,29,34). The van der Waals surface area contributed by atoms with Crippen molar-refractivity contribution in [3.05, 3.63) is 78.5 Å². The third kappa shape index (κ3) is 4.85. The van der Waals surface area contributed by atoms with Gasteiger partial charge in [-0.2, -0.15) is 0 Å². The Morgan fingerprint density at radius 3 is 2.78 bits per heavy atom. The Balaban J connectivity index is 1.51. The number of pyridine rings is 2. The number of rotatable bonds is 2. The van der Waals surface area contributed by atoms with Gasteiger partial charge in [0.05, 0.1) is 22.0 Å². The molecule has 0 spiro atoms. The summed E-state index contributed by atoms with van der Waals surface area (Å²) in [5.74, 6) is 0.354. The topological polar surface area (TPSA) is 102 Å². The van der Waals surface area contributed by atoms with Gasteiger partial charge < -0.3 is 14.8 Å². The lowest BCUT2D eigenvalue weighted by molar-refractivity contribution is 0.0950. The molecule has 1 amide bonds. The van der Waals surface area contributed by atoms with Gasteiger partial charge in [0.15, 0.2) is 0 Å². The highest BCUT2D eigenvalue weighted by Crippen LogP contribution is 2.39. The maximum absolute atomic E-state index is 12.9. The number of fused-ring (bicyclic) bond motifs is 9. The lowest BCUT2D eigenvalue weighted by Gasteiger charge is -2.15. The Bertz CT molecular complexity index is 1630. The van der Waals surface area contributed by atoms with Crippen LogP contribution in [0.4, 0.5) is 5.69 Å². The average Bonchev–Trinajstić information content (AvgIpc) is 3.35. The zero-order chi connectivity index (χ0) is 25.4. The van der Waals surface area contributed by atoms with Gasteiger partial charge in [-0.25, -0.2) is 15.0 Å². The second-order valence-corrected chi connectivity index (χ2v) is 10.7. The third-order valence-corrected chi connectivity index (χ3v) is 7.68. The quantitative estimate of drug-likeness (QED) is 0.272. The van der Waals surface area contributed by atoms with E-state index in [9.17, 15) is 4.79 Å². The van der Waals surface area contributed by atoms with Gasteiger partial charge in [0, 0.05) is 51.6 Å². The van der Waals surface area contributed by atoms with Crippen LogP contribution in [0, 0.1) is 0 Å². The molecule has 0 aliphatic carbocycles. The Hall–Kier alpha value is -4.02. The predicted octanol–water partition coefficient (Wildman–Crippen LogP) is 5.97. The third-order valence-electron chi connectivity index (χ3n) is 5.69. The highest BCUT2D eigenvalue weighted by molar-refractivity contribution is 8.00. The van der Waals surface area contributed by atoms with Crippen LogP contribution in [0.3, 0.4) is 0 Å². The number of hydrogen-bond donors (Lipinski definition) is 2. The van der Waals surface area contributed by atoms with Crippen molar-refractivity contribution >= 4 is 45.1 Å². The first-order valence-electron chi connectivity index (χ1n) is 11.7. The van der Waals surface area contributed by atoms with E-state index in [2.05, 4.69) is 36.0 Å². The number of aromatic nitrogens is 4. The molecule has 5 aromatic rings. The van der Waals surface area contributed by atoms with Crippen molar-refractivity contribution in [2.75, 3.05) is 4.72 Å². The fourth-order valence-corrected chi connectivity index (χ4v) is 5.80. The Morgan fingerprint density at radius 2 is 1.89 bits per heavy atom. The lowest BCUT2D eigenvalue weighted by Crippen LogP contribution is -2.22. The molecule has 1 aromatic carbocycles. The number of amides is 1. The molecule has 0 saturated heterocycles. The van der Waals surface area contributed by atoms with Gasteiger partial charge in [0.1, 0.15) is 12.0 Å². The number of anilines is 1. The number of benzene rings is 1. The van der Waals surface area contributed by atoms with Crippen LogP contribution in [0.5, 0.6) is 5.88 Å². The summed E-state index contributed by atoms with van der Waals surface area (Å²) in [6.45, 7) is 4.29. The van der Waals surface area contributed by atoms with Crippen molar-refractivity contribution in [2.24, 2.45) is 0 Å². The number of nitrogens with zero attached hydrogens (tertiary/aromatic N) is 4. The summed E-state index contributed by atoms with van der Waals surface area (Å²) in [7, 11) is 0. The van der Waals surface area contributed by atoms with Crippen molar-refractivity contribution in [1.82, 2.24) is 25.3 Å². The number of hydrogen-bond acceptors (Lipinski definition) is 9. The number of nitrogens with one attached hydrogen (secondary N) is 2. The zero-order valence-electron chi connectivity index (χ0n) is 20.1. The van der Waals surface area contributed by atoms with Gasteiger partial charge in [0.2, 0.25) is 5.88 Å². The van der Waals surface area contributed by atoms with Crippen LogP contribution >= 0.6 is 23.3 Å². The number of carbonyl (C=O) groups excluding carboxylic acids is 1. The molecule has 6 rings (SSSR count). The summed E-state index contributed by atoms with van der Waals surface area (Å²) in [4.78, 5) is 32.9. The van der Waals surface area contributed by atoms with E-state index in [1.54, 1.807) is 36.1 Å². The molecule has 8 nitrogen and oxygen atoms in total. The van der Waals surface area contributed by atoms with Crippen LogP contribution in [0.2, 0.25) is 0 Å². The maximum atomic E-state index is 12.9. The van der Waals surface area contributed by atoms with E-state index in [1.807, 2.05) is 50.4 Å². The van der Waals surface area contributed by atoms with Crippen LogP contribution in [0.15, 0.2) is 72.3 Å². The van der Waals surface area contributed by atoms with E-state index >= 15 is 0 Å². The lowest BCUT2D eigenvalue weighted by atomic mass is 10.1. The van der Waals surface area contributed by atoms with Crippen LogP contribution in [-0.2, 0) is 6.54 Å². The van der Waals surface area contributed by atoms with Crippen molar-refractivity contribution in [3.63, 3.8) is 0 Å². The monoisotopic (exact) mass is 526 g/mol. The highest BCUT2D eigenvalue weighted by Gasteiger charge is 2.17. The minimum absolute atomic E-state index is 0.0343. The van der Waals surface area contributed by atoms with Crippen LogP contribution in [0.25, 0.3) is 31.9 Å². The van der Waals surface area contributed by atoms with Crippen LogP contribution in [-0.4, -0.2) is 31.9 Å². The second-order valence-electron chi connectivity index (χ2n) is 8.79. The van der Waals surface area contributed by atoms with Crippen molar-refractivity contribution < 1.29 is 9.53 Å². The van der Waals surface area contributed by atoms with E-state index in [0.29, 0.717) is 18.0 Å². The molecule has 0 fully saturated rings. The smallest absolute Gasteiger partial charge is 0.251 e. The van der Waals surface area contributed by atoms with Crippen LogP contribution < -0.4 is 14.8 Å². The molecule has 1 aliphatic rings. The molecule has 37 heavy (non-hydrogen) atoms. The Morgan fingerprint density at radius 1 is 0.973 bits per heavy atom. The first kappa shape index (κ1) is 23.4. The number of carbonyl (C=O) groups is 1. The summed E-state index contributed by atoms with van der Waals surface area (Å²) >= 11 is 3.00. The summed E-state index contributed by atoms with van der Waals surface area (Å²) < 4.78 is 10.3. The molecule has 10 heteroatoms. The summed E-state index contributed by atoms with van der Waals surface area (Å²) in [6.07, 6.45) is 6.89. The summed E-state index contributed by atoms with van der Waals surface area (Å²) in [6, 6.07) is 13.6. The fourth-order valence-electron chi connectivity index (χ4n) is 3.99. The van der Waals surface area contributed by atoms with Gasteiger partial charge >= 0.3 is 0 Å². The second kappa shape index (κ2) is 9.79. The Kier molecular flexibility index (Phi) is 6.19. The predicted molar refractivity (Wildman–Crippen MR) is 147 cm³/mol. The highest BCUT2D eigenvalue weighted by atomic mass is 32.2. The van der Waals surface area contributed by atoms with Gasteiger partial charge in [-0.15, -0.1) is 11.3 Å². The van der Waals surface area contributed by atoms with Gasteiger partial charge in [0.25, 0.3) is 5.91 Å². The zero-order valence-corrected chi connectivity index (χ0v) is 21.7. The van der Waals surface area contributed by atoms with Gasteiger partial charge in [-0.1, -0.05) is 6.07 Å². The minimum Gasteiger partial charge on any atom is -0.473 e. The molecule has 4 aromatic heterocycles. The number of ether oxygens (including phenoxy) is 1. The average molecular weight is 527 g/mol. The maximum Gasteiger partial charge on any atom is 0.251 e. The van der Waals surface area contributed by atoms with E-state index in [4.69, 9.17) is 4.74 Å². The summed E-state index contributed by atoms with van der Waals surface area (Å²) in [5.41, 5.74) is 5.67. The van der Waals surface area contributed by atoms with Crippen LogP contribution in [0.1, 0.15) is 29.8 Å². The molecule has 0 radical (unpaired) electrons. The fraction of sp³-hybridized carbons (Fsp3) is 0.148. The molecule has 184 valence electrons. The molecule has 8 bridgehead atoms.